The van der Waals surface area contributed by atoms with Gasteiger partial charge >= 0.3 is 0 Å². The van der Waals surface area contributed by atoms with E-state index in [1.54, 1.807) is 19.3 Å². The lowest BCUT2D eigenvalue weighted by Gasteiger charge is -2.23. The minimum Gasteiger partial charge on any atom is -0.373 e. The van der Waals surface area contributed by atoms with E-state index in [1.165, 1.54) is 11.6 Å². The molecular formula is C15H16N4O2. The third kappa shape index (κ3) is 2.44. The zero-order valence-corrected chi connectivity index (χ0v) is 11.7. The SMILES string of the molecule is CNc1ccc([N+](=O)[O-])c(C2CCCc3cccnc32)n1. The van der Waals surface area contributed by atoms with E-state index in [9.17, 15) is 10.1 Å². The minimum atomic E-state index is -0.362. The average Bonchev–Trinajstić information content (AvgIpc) is 2.53. The number of aryl methyl sites for hydroxylation is 1. The maximum Gasteiger partial charge on any atom is 0.291 e. The molecule has 21 heavy (non-hydrogen) atoms. The molecule has 0 fully saturated rings. The predicted octanol–water partition coefficient (Wildman–Crippen LogP) is 2.89. The van der Waals surface area contributed by atoms with Crippen molar-refractivity contribution in [2.24, 2.45) is 0 Å². The predicted molar refractivity (Wildman–Crippen MR) is 79.5 cm³/mol. The molecule has 0 aromatic carbocycles. The third-order valence-electron chi connectivity index (χ3n) is 3.88. The van der Waals surface area contributed by atoms with Gasteiger partial charge in [0.05, 0.1) is 16.5 Å². The number of nitrogens with one attached hydrogen (secondary N) is 1. The summed E-state index contributed by atoms with van der Waals surface area (Å²) >= 11 is 0. The molecule has 1 N–H and O–H groups in total. The summed E-state index contributed by atoms with van der Waals surface area (Å²) in [5.41, 5.74) is 2.66. The van der Waals surface area contributed by atoms with Crippen LogP contribution in [0.5, 0.6) is 0 Å². The first-order valence-electron chi connectivity index (χ1n) is 6.97. The van der Waals surface area contributed by atoms with Gasteiger partial charge in [-0.05, 0) is 37.0 Å². The van der Waals surface area contributed by atoms with Gasteiger partial charge < -0.3 is 5.32 Å². The fourth-order valence-electron chi connectivity index (χ4n) is 2.89. The summed E-state index contributed by atoms with van der Waals surface area (Å²) in [5.74, 6) is 0.530. The van der Waals surface area contributed by atoms with E-state index < -0.39 is 0 Å². The van der Waals surface area contributed by atoms with Crippen LogP contribution in [0.1, 0.15) is 35.7 Å². The molecule has 6 nitrogen and oxygen atoms in total. The summed E-state index contributed by atoms with van der Waals surface area (Å²) < 4.78 is 0. The fraction of sp³-hybridized carbons (Fsp3) is 0.333. The Morgan fingerprint density at radius 3 is 2.95 bits per heavy atom. The Kier molecular flexibility index (Phi) is 3.51. The van der Waals surface area contributed by atoms with Crippen molar-refractivity contribution < 1.29 is 4.92 Å². The topological polar surface area (TPSA) is 81.0 Å². The van der Waals surface area contributed by atoms with Gasteiger partial charge in [-0.25, -0.2) is 4.98 Å². The van der Waals surface area contributed by atoms with Crippen LogP contribution in [-0.4, -0.2) is 21.9 Å². The summed E-state index contributed by atoms with van der Waals surface area (Å²) in [6.07, 6.45) is 4.54. The Morgan fingerprint density at radius 2 is 2.19 bits per heavy atom. The second-order valence-electron chi connectivity index (χ2n) is 5.10. The molecule has 1 atom stereocenters. The Balaban J connectivity index is 2.14. The first-order chi connectivity index (χ1) is 10.2. The normalized spacial score (nSPS) is 17.1. The van der Waals surface area contributed by atoms with Gasteiger partial charge in [-0.3, -0.25) is 15.1 Å². The van der Waals surface area contributed by atoms with Gasteiger partial charge in [-0.1, -0.05) is 6.07 Å². The van der Waals surface area contributed by atoms with Gasteiger partial charge in [-0.15, -0.1) is 0 Å². The van der Waals surface area contributed by atoms with Crippen LogP contribution >= 0.6 is 0 Å². The number of hydrogen-bond acceptors (Lipinski definition) is 5. The van der Waals surface area contributed by atoms with Crippen LogP contribution in [0.25, 0.3) is 0 Å². The standard InChI is InChI=1S/C15H16N4O2/c1-16-13-8-7-12(19(20)21)15(18-13)11-6-2-4-10-5-3-9-17-14(10)11/h3,5,7-9,11H,2,4,6H2,1H3,(H,16,18). The molecule has 0 radical (unpaired) electrons. The molecule has 2 aromatic heterocycles. The van der Waals surface area contributed by atoms with Crippen LogP contribution in [0.15, 0.2) is 30.5 Å². The molecule has 2 heterocycles. The lowest BCUT2D eigenvalue weighted by molar-refractivity contribution is -0.386. The smallest absolute Gasteiger partial charge is 0.291 e. The van der Waals surface area contributed by atoms with E-state index in [1.807, 2.05) is 12.1 Å². The molecule has 108 valence electrons. The second-order valence-corrected chi connectivity index (χ2v) is 5.10. The zero-order chi connectivity index (χ0) is 14.8. The number of hydrogen-bond donors (Lipinski definition) is 1. The quantitative estimate of drug-likeness (QED) is 0.692. The van der Waals surface area contributed by atoms with Gasteiger partial charge in [-0.2, -0.15) is 0 Å². The Hall–Kier alpha value is -2.50. The van der Waals surface area contributed by atoms with Gasteiger partial charge in [0.2, 0.25) is 0 Å². The van der Waals surface area contributed by atoms with E-state index >= 15 is 0 Å². The second kappa shape index (κ2) is 5.47. The maximum atomic E-state index is 11.3. The van der Waals surface area contributed by atoms with E-state index in [-0.39, 0.29) is 16.5 Å². The van der Waals surface area contributed by atoms with Crippen molar-refractivity contribution >= 4 is 11.5 Å². The van der Waals surface area contributed by atoms with Gasteiger partial charge in [0.15, 0.2) is 0 Å². The molecule has 1 aliphatic carbocycles. The van der Waals surface area contributed by atoms with Crippen LogP contribution in [0.2, 0.25) is 0 Å². The Bertz CT molecular complexity index is 687. The van der Waals surface area contributed by atoms with Crippen LogP contribution in [0.4, 0.5) is 11.5 Å². The molecule has 0 spiro atoms. The number of aromatic nitrogens is 2. The largest absolute Gasteiger partial charge is 0.373 e. The van der Waals surface area contributed by atoms with E-state index in [2.05, 4.69) is 15.3 Å². The fourth-order valence-corrected chi connectivity index (χ4v) is 2.89. The van der Waals surface area contributed by atoms with Crippen LogP contribution in [0, 0.1) is 10.1 Å². The summed E-state index contributed by atoms with van der Waals surface area (Å²) in [4.78, 5) is 19.8. The highest BCUT2D eigenvalue weighted by Crippen LogP contribution is 2.38. The van der Waals surface area contributed by atoms with Crippen LogP contribution in [0.3, 0.4) is 0 Å². The first kappa shape index (κ1) is 13.5. The molecule has 1 unspecified atom stereocenters. The summed E-state index contributed by atoms with van der Waals surface area (Å²) in [7, 11) is 1.75. The highest BCUT2D eigenvalue weighted by atomic mass is 16.6. The molecule has 0 amide bonds. The summed E-state index contributed by atoms with van der Waals surface area (Å²) in [5, 5.41) is 14.2. The Labute approximate surface area is 122 Å². The van der Waals surface area contributed by atoms with Gasteiger partial charge in [0, 0.05) is 19.3 Å². The maximum absolute atomic E-state index is 11.3. The average molecular weight is 284 g/mol. The minimum absolute atomic E-state index is 0.0671. The highest BCUT2D eigenvalue weighted by Gasteiger charge is 2.30. The van der Waals surface area contributed by atoms with Crippen molar-refractivity contribution in [3.05, 3.63) is 57.5 Å². The van der Waals surface area contributed by atoms with Crippen LogP contribution in [-0.2, 0) is 6.42 Å². The van der Waals surface area contributed by atoms with Gasteiger partial charge in [0.25, 0.3) is 5.69 Å². The van der Waals surface area contributed by atoms with Crippen molar-refractivity contribution in [1.29, 1.82) is 0 Å². The molecule has 0 aliphatic heterocycles. The summed E-state index contributed by atoms with van der Waals surface area (Å²) in [6, 6.07) is 7.10. The molecule has 1 aliphatic rings. The summed E-state index contributed by atoms with van der Waals surface area (Å²) in [6.45, 7) is 0. The molecule has 0 bridgehead atoms. The van der Waals surface area contributed by atoms with Crippen molar-refractivity contribution in [1.82, 2.24) is 9.97 Å². The number of pyridine rings is 2. The lowest BCUT2D eigenvalue weighted by atomic mass is 9.84. The molecule has 6 heteroatoms. The Morgan fingerprint density at radius 1 is 1.33 bits per heavy atom. The van der Waals surface area contributed by atoms with Gasteiger partial charge in [0.1, 0.15) is 11.5 Å². The highest BCUT2D eigenvalue weighted by molar-refractivity contribution is 5.49. The number of rotatable bonds is 3. The van der Waals surface area contributed by atoms with E-state index in [0.717, 1.165) is 25.0 Å². The zero-order valence-electron chi connectivity index (χ0n) is 11.7. The molecule has 0 saturated carbocycles. The monoisotopic (exact) mass is 284 g/mol. The number of nitrogens with zero attached hydrogens (tertiary/aromatic N) is 3. The van der Waals surface area contributed by atoms with Crippen molar-refractivity contribution in [2.45, 2.75) is 25.2 Å². The number of anilines is 1. The lowest BCUT2D eigenvalue weighted by Crippen LogP contribution is -2.16. The molecular weight excluding hydrogens is 268 g/mol. The number of fused-ring (bicyclic) bond motifs is 1. The molecule has 2 aromatic rings. The van der Waals surface area contributed by atoms with Crippen molar-refractivity contribution in [2.75, 3.05) is 12.4 Å². The van der Waals surface area contributed by atoms with Crippen LogP contribution < -0.4 is 5.32 Å². The van der Waals surface area contributed by atoms with E-state index in [4.69, 9.17) is 0 Å². The van der Waals surface area contributed by atoms with Crippen molar-refractivity contribution in [3.8, 4) is 0 Å². The number of nitro groups is 1. The van der Waals surface area contributed by atoms with Crippen molar-refractivity contribution in [3.63, 3.8) is 0 Å². The van der Waals surface area contributed by atoms with E-state index in [0.29, 0.717) is 11.5 Å². The first-order valence-corrected chi connectivity index (χ1v) is 6.97. The molecule has 0 saturated heterocycles. The molecule has 3 rings (SSSR count). The third-order valence-corrected chi connectivity index (χ3v) is 3.88.